The smallest absolute Gasteiger partial charge is 0.315 e. The van der Waals surface area contributed by atoms with Gasteiger partial charge in [-0.25, -0.2) is 0 Å². The van der Waals surface area contributed by atoms with Crippen molar-refractivity contribution in [1.29, 1.82) is 5.26 Å². The fourth-order valence-corrected chi connectivity index (χ4v) is 3.69. The van der Waals surface area contributed by atoms with Crippen molar-refractivity contribution in [3.8, 4) is 17.6 Å². The van der Waals surface area contributed by atoms with Crippen molar-refractivity contribution in [2.75, 3.05) is 0 Å². The number of nitrogens with zero attached hydrogens (tertiary/aromatic N) is 1. The molecule has 0 aliphatic carbocycles. The number of hydrogen-bond acceptors (Lipinski definition) is 5. The molecule has 0 radical (unpaired) electrons. The van der Waals surface area contributed by atoms with E-state index in [1.54, 1.807) is 18.2 Å². The maximum absolute atomic E-state index is 12.3. The minimum absolute atomic E-state index is 0.0469. The van der Waals surface area contributed by atoms with Gasteiger partial charge in [-0.2, -0.15) is 5.26 Å². The highest BCUT2D eigenvalue weighted by Gasteiger charge is 2.31. The molecule has 4 rings (SSSR count). The van der Waals surface area contributed by atoms with Gasteiger partial charge in [-0.1, -0.05) is 64.5 Å². The Morgan fingerprint density at radius 1 is 1.10 bits per heavy atom. The monoisotopic (exact) mass is 460 g/mol. The quantitative estimate of drug-likeness (QED) is 0.445. The zero-order valence-corrected chi connectivity index (χ0v) is 17.4. The SMILES string of the molecule is N#CC1=C(N)Oc2cc(OC(=O)Cc3ccccc3)ccc2C1c1ccc(Br)cc1. The Balaban J connectivity index is 1.63. The highest BCUT2D eigenvalue weighted by molar-refractivity contribution is 9.10. The molecule has 3 aromatic rings. The Labute approximate surface area is 182 Å². The molecule has 1 atom stereocenters. The van der Waals surface area contributed by atoms with Crippen LogP contribution >= 0.6 is 15.9 Å². The van der Waals surface area contributed by atoms with Gasteiger partial charge in [0.25, 0.3) is 0 Å². The molecule has 0 saturated carbocycles. The van der Waals surface area contributed by atoms with Gasteiger partial charge in [0.2, 0.25) is 5.88 Å². The van der Waals surface area contributed by atoms with Gasteiger partial charge in [-0.05, 0) is 29.3 Å². The van der Waals surface area contributed by atoms with Crippen molar-refractivity contribution in [2.24, 2.45) is 5.73 Å². The molecule has 1 aliphatic heterocycles. The molecule has 148 valence electrons. The number of carbonyl (C=O) groups is 1. The first-order valence-corrected chi connectivity index (χ1v) is 10.1. The van der Waals surface area contributed by atoms with Crippen LogP contribution in [-0.4, -0.2) is 5.97 Å². The number of esters is 1. The molecule has 2 N–H and O–H groups in total. The minimum atomic E-state index is -0.373. The van der Waals surface area contributed by atoms with E-state index in [2.05, 4.69) is 22.0 Å². The summed E-state index contributed by atoms with van der Waals surface area (Å²) >= 11 is 3.43. The summed E-state index contributed by atoms with van der Waals surface area (Å²) in [6.45, 7) is 0. The number of nitriles is 1. The van der Waals surface area contributed by atoms with Crippen molar-refractivity contribution >= 4 is 21.9 Å². The van der Waals surface area contributed by atoms with E-state index in [0.29, 0.717) is 17.1 Å². The lowest BCUT2D eigenvalue weighted by Crippen LogP contribution is -2.21. The lowest BCUT2D eigenvalue weighted by molar-refractivity contribution is -0.133. The van der Waals surface area contributed by atoms with E-state index in [1.165, 1.54) is 0 Å². The number of allylic oxidation sites excluding steroid dienone is 1. The molecule has 3 aromatic carbocycles. The molecule has 0 amide bonds. The van der Waals surface area contributed by atoms with Crippen molar-refractivity contribution in [2.45, 2.75) is 12.3 Å². The number of halogens is 1. The highest BCUT2D eigenvalue weighted by atomic mass is 79.9. The average Bonchev–Trinajstić information content (AvgIpc) is 2.74. The maximum atomic E-state index is 12.3. The molecule has 1 unspecified atom stereocenters. The van der Waals surface area contributed by atoms with E-state index in [-0.39, 0.29) is 24.2 Å². The molecule has 1 heterocycles. The summed E-state index contributed by atoms with van der Waals surface area (Å²) in [4.78, 5) is 12.3. The number of benzene rings is 3. The zero-order valence-electron chi connectivity index (χ0n) is 15.8. The Bertz CT molecular complexity index is 1170. The van der Waals surface area contributed by atoms with Crippen LogP contribution < -0.4 is 15.2 Å². The molecule has 30 heavy (non-hydrogen) atoms. The van der Waals surface area contributed by atoms with Crippen molar-refractivity contribution in [3.05, 3.63) is 105 Å². The first-order valence-electron chi connectivity index (χ1n) is 9.27. The highest BCUT2D eigenvalue weighted by Crippen LogP contribution is 2.43. The van der Waals surface area contributed by atoms with Crippen LogP contribution in [0.5, 0.6) is 11.5 Å². The van der Waals surface area contributed by atoms with Gasteiger partial charge in [0.05, 0.1) is 12.3 Å². The maximum Gasteiger partial charge on any atom is 0.315 e. The predicted molar refractivity (Wildman–Crippen MR) is 116 cm³/mol. The second-order valence-electron chi connectivity index (χ2n) is 6.81. The minimum Gasteiger partial charge on any atom is -0.440 e. The number of hydrogen-bond donors (Lipinski definition) is 1. The first-order chi connectivity index (χ1) is 14.5. The number of fused-ring (bicyclic) bond motifs is 1. The number of ether oxygens (including phenoxy) is 2. The third kappa shape index (κ3) is 4.07. The van der Waals surface area contributed by atoms with Crippen LogP contribution in [0.15, 0.2) is 88.7 Å². The molecule has 0 fully saturated rings. The number of rotatable bonds is 4. The third-order valence-electron chi connectivity index (χ3n) is 4.82. The topological polar surface area (TPSA) is 85.3 Å². The molecule has 0 saturated heterocycles. The Hall–Kier alpha value is -3.56. The van der Waals surface area contributed by atoms with Crippen molar-refractivity contribution in [3.63, 3.8) is 0 Å². The number of carbonyl (C=O) groups excluding carboxylic acids is 1. The molecule has 6 heteroatoms. The Morgan fingerprint density at radius 2 is 1.83 bits per heavy atom. The summed E-state index contributed by atoms with van der Waals surface area (Å²) < 4.78 is 12.1. The van der Waals surface area contributed by atoms with E-state index in [4.69, 9.17) is 15.2 Å². The van der Waals surface area contributed by atoms with E-state index < -0.39 is 0 Å². The van der Waals surface area contributed by atoms with E-state index in [1.807, 2.05) is 54.6 Å². The van der Waals surface area contributed by atoms with Crippen LogP contribution in [-0.2, 0) is 11.2 Å². The third-order valence-corrected chi connectivity index (χ3v) is 5.35. The van der Waals surface area contributed by atoms with Gasteiger partial charge >= 0.3 is 5.97 Å². The summed E-state index contributed by atoms with van der Waals surface area (Å²) in [5.41, 5.74) is 8.95. The summed E-state index contributed by atoms with van der Waals surface area (Å²) in [5.74, 6) is 0.135. The predicted octanol–water partition coefficient (Wildman–Crippen LogP) is 4.82. The van der Waals surface area contributed by atoms with Gasteiger partial charge in [-0.15, -0.1) is 0 Å². The molecule has 0 spiro atoms. The van der Waals surface area contributed by atoms with Gasteiger partial charge in [0, 0.05) is 16.1 Å². The molecule has 5 nitrogen and oxygen atoms in total. The fraction of sp³-hybridized carbons (Fsp3) is 0.0833. The Kier molecular flexibility index (Phi) is 5.55. The molecular weight excluding hydrogens is 444 g/mol. The van der Waals surface area contributed by atoms with Gasteiger partial charge in [0.15, 0.2) is 0 Å². The second-order valence-corrected chi connectivity index (χ2v) is 7.73. The fourth-order valence-electron chi connectivity index (χ4n) is 3.43. The molecular formula is C24H17BrN2O3. The summed E-state index contributed by atoms with van der Waals surface area (Å²) in [6.07, 6.45) is 0.168. The standard InChI is InChI=1S/C24H17BrN2O3/c25-17-8-6-16(7-9-17)23-19-11-10-18(13-21(19)30-24(27)20(23)14-26)29-22(28)12-15-4-2-1-3-5-15/h1-11,13,23H,12,27H2. The average molecular weight is 461 g/mol. The van der Waals surface area contributed by atoms with Gasteiger partial charge in [-0.3, -0.25) is 4.79 Å². The Morgan fingerprint density at radius 3 is 2.53 bits per heavy atom. The van der Waals surface area contributed by atoms with Crippen LogP contribution in [0.25, 0.3) is 0 Å². The number of nitrogens with two attached hydrogens (primary N) is 1. The molecule has 1 aliphatic rings. The van der Waals surface area contributed by atoms with E-state index in [0.717, 1.165) is 21.2 Å². The van der Waals surface area contributed by atoms with E-state index >= 15 is 0 Å². The lowest BCUT2D eigenvalue weighted by Gasteiger charge is -2.26. The second kappa shape index (κ2) is 8.44. The van der Waals surface area contributed by atoms with Crippen LogP contribution in [0.4, 0.5) is 0 Å². The van der Waals surface area contributed by atoms with Crippen LogP contribution in [0.3, 0.4) is 0 Å². The molecule has 0 aromatic heterocycles. The lowest BCUT2D eigenvalue weighted by atomic mass is 9.83. The van der Waals surface area contributed by atoms with Crippen LogP contribution in [0.1, 0.15) is 22.6 Å². The summed E-state index contributed by atoms with van der Waals surface area (Å²) in [6, 6.07) is 24.4. The molecule has 0 bridgehead atoms. The van der Waals surface area contributed by atoms with Gasteiger partial charge in [0.1, 0.15) is 23.1 Å². The van der Waals surface area contributed by atoms with E-state index in [9.17, 15) is 10.1 Å². The van der Waals surface area contributed by atoms with Crippen LogP contribution in [0, 0.1) is 11.3 Å². The largest absolute Gasteiger partial charge is 0.440 e. The van der Waals surface area contributed by atoms with Crippen molar-refractivity contribution in [1.82, 2.24) is 0 Å². The summed E-state index contributed by atoms with van der Waals surface area (Å²) in [5, 5.41) is 9.64. The van der Waals surface area contributed by atoms with Crippen molar-refractivity contribution < 1.29 is 14.3 Å². The van der Waals surface area contributed by atoms with Gasteiger partial charge < -0.3 is 15.2 Å². The summed E-state index contributed by atoms with van der Waals surface area (Å²) in [7, 11) is 0. The first kappa shape index (κ1) is 19.7. The zero-order chi connectivity index (χ0) is 21.1. The normalized spacial score (nSPS) is 15.0. The van der Waals surface area contributed by atoms with Crippen LogP contribution in [0.2, 0.25) is 0 Å².